The van der Waals surface area contributed by atoms with Gasteiger partial charge in [-0.05, 0) is 31.2 Å². The molecule has 0 saturated heterocycles. The van der Waals surface area contributed by atoms with Crippen LogP contribution < -0.4 is 5.32 Å². The molecule has 0 aliphatic rings. The minimum Gasteiger partial charge on any atom is -0.348 e. The third-order valence-electron chi connectivity index (χ3n) is 2.87. The second-order valence-electron chi connectivity index (χ2n) is 4.61. The molecule has 0 unspecified atom stereocenters. The molecule has 0 spiro atoms. The van der Waals surface area contributed by atoms with Gasteiger partial charge in [-0.1, -0.05) is 0 Å². The lowest BCUT2D eigenvalue weighted by Crippen LogP contribution is -2.35. The highest BCUT2D eigenvalue weighted by Crippen LogP contribution is 2.08. The molecule has 0 bridgehead atoms. The summed E-state index contributed by atoms with van der Waals surface area (Å²) in [6, 6.07) is 6.81. The quantitative estimate of drug-likeness (QED) is 0.906. The van der Waals surface area contributed by atoms with Crippen molar-refractivity contribution in [1.82, 2.24) is 14.9 Å². The van der Waals surface area contributed by atoms with Crippen molar-refractivity contribution in [1.29, 1.82) is 0 Å². The first-order valence-corrected chi connectivity index (χ1v) is 7.82. The van der Waals surface area contributed by atoms with Crippen LogP contribution in [0.5, 0.6) is 0 Å². The van der Waals surface area contributed by atoms with E-state index in [1.807, 2.05) is 17.7 Å². The lowest BCUT2D eigenvalue weighted by Gasteiger charge is -2.14. The molecule has 1 aromatic heterocycles. The van der Waals surface area contributed by atoms with Gasteiger partial charge >= 0.3 is 0 Å². The van der Waals surface area contributed by atoms with E-state index in [-0.39, 0.29) is 11.9 Å². The van der Waals surface area contributed by atoms with Crippen molar-refractivity contribution in [3.63, 3.8) is 0 Å². The average Bonchev–Trinajstić information content (AvgIpc) is 2.91. The highest BCUT2D eigenvalue weighted by molar-refractivity contribution is 7.84. The highest BCUT2D eigenvalue weighted by atomic mass is 32.2. The van der Waals surface area contributed by atoms with Gasteiger partial charge in [0.1, 0.15) is 0 Å². The first-order valence-electron chi connectivity index (χ1n) is 6.26. The number of carbonyl (C=O) groups is 1. The summed E-state index contributed by atoms with van der Waals surface area (Å²) in [7, 11) is -1.03. The fourth-order valence-corrected chi connectivity index (χ4v) is 2.38. The predicted octanol–water partition coefficient (Wildman–Crippen LogP) is 1.44. The summed E-state index contributed by atoms with van der Waals surface area (Å²) in [6.45, 7) is 2.61. The van der Waals surface area contributed by atoms with Crippen molar-refractivity contribution < 1.29 is 9.00 Å². The molecule has 0 aliphatic carbocycles. The lowest BCUT2D eigenvalue weighted by atomic mass is 10.2. The van der Waals surface area contributed by atoms with Gasteiger partial charge in [0.05, 0.1) is 6.33 Å². The normalized spacial score (nSPS) is 13.7. The molecular weight excluding hydrogens is 274 g/mol. The van der Waals surface area contributed by atoms with Gasteiger partial charge in [-0.25, -0.2) is 4.98 Å². The Hall–Kier alpha value is -1.95. The first kappa shape index (κ1) is 14.5. The number of amides is 1. The topological polar surface area (TPSA) is 64.0 Å². The fraction of sp³-hybridized carbons (Fsp3) is 0.286. The molecule has 0 aliphatic heterocycles. The molecule has 0 saturated carbocycles. The molecule has 106 valence electrons. The van der Waals surface area contributed by atoms with Gasteiger partial charge in [-0.15, -0.1) is 0 Å². The van der Waals surface area contributed by atoms with E-state index in [0.29, 0.717) is 17.0 Å². The molecule has 1 heterocycles. The van der Waals surface area contributed by atoms with Gasteiger partial charge in [0, 0.05) is 52.5 Å². The molecule has 6 heteroatoms. The summed E-state index contributed by atoms with van der Waals surface area (Å²) < 4.78 is 13.2. The summed E-state index contributed by atoms with van der Waals surface area (Å²) >= 11 is 0. The van der Waals surface area contributed by atoms with Gasteiger partial charge in [0.15, 0.2) is 0 Å². The third kappa shape index (κ3) is 3.77. The number of aromatic nitrogens is 2. The molecule has 1 N–H and O–H groups in total. The molecule has 1 amide bonds. The number of nitrogens with one attached hydrogen (secondary N) is 1. The zero-order valence-electron chi connectivity index (χ0n) is 11.4. The standard InChI is InChI=1S/C14H17N3O2S/c1-11(9-17-8-7-15-10-17)16-14(18)12-3-5-13(6-4-12)20(2)19/h3-8,10-11H,9H2,1-2H3,(H,16,18)/t11-,20-/m1/s1. The highest BCUT2D eigenvalue weighted by Gasteiger charge is 2.10. The van der Waals surface area contributed by atoms with Crippen LogP contribution >= 0.6 is 0 Å². The van der Waals surface area contributed by atoms with Crippen molar-refractivity contribution in [2.24, 2.45) is 0 Å². The van der Waals surface area contributed by atoms with Crippen LogP contribution in [0.2, 0.25) is 0 Å². The Balaban J connectivity index is 1.95. The van der Waals surface area contributed by atoms with E-state index in [4.69, 9.17) is 0 Å². The average molecular weight is 291 g/mol. The Morgan fingerprint density at radius 3 is 2.65 bits per heavy atom. The van der Waals surface area contributed by atoms with Crippen LogP contribution in [0.25, 0.3) is 0 Å². The zero-order chi connectivity index (χ0) is 14.5. The number of imidazole rings is 1. The van der Waals surface area contributed by atoms with Gasteiger partial charge < -0.3 is 9.88 Å². The van der Waals surface area contributed by atoms with Crippen molar-refractivity contribution in [2.45, 2.75) is 24.4 Å². The number of benzene rings is 1. The molecule has 20 heavy (non-hydrogen) atoms. The first-order chi connectivity index (χ1) is 9.56. The zero-order valence-corrected chi connectivity index (χ0v) is 12.3. The smallest absolute Gasteiger partial charge is 0.251 e. The second kappa shape index (κ2) is 6.47. The van der Waals surface area contributed by atoms with Crippen LogP contribution in [0.1, 0.15) is 17.3 Å². The second-order valence-corrected chi connectivity index (χ2v) is 5.99. The summed E-state index contributed by atoms with van der Waals surface area (Å²) in [6.07, 6.45) is 6.89. The Morgan fingerprint density at radius 2 is 2.10 bits per heavy atom. The van der Waals surface area contributed by atoms with E-state index in [2.05, 4.69) is 10.3 Å². The van der Waals surface area contributed by atoms with Crippen LogP contribution in [-0.4, -0.2) is 32.0 Å². The Kier molecular flexibility index (Phi) is 4.68. The number of nitrogens with zero attached hydrogens (tertiary/aromatic N) is 2. The fourth-order valence-electron chi connectivity index (χ4n) is 1.86. The van der Waals surface area contributed by atoms with Crippen LogP contribution in [0.4, 0.5) is 0 Å². The summed E-state index contributed by atoms with van der Waals surface area (Å²) in [5.74, 6) is -0.133. The van der Waals surface area contributed by atoms with Crippen LogP contribution in [0.15, 0.2) is 47.9 Å². The van der Waals surface area contributed by atoms with E-state index in [0.717, 1.165) is 0 Å². The maximum atomic E-state index is 12.1. The molecule has 2 atom stereocenters. The van der Waals surface area contributed by atoms with Crippen molar-refractivity contribution >= 4 is 16.7 Å². The number of hydrogen-bond acceptors (Lipinski definition) is 3. The summed E-state index contributed by atoms with van der Waals surface area (Å²) in [4.78, 5) is 16.7. The van der Waals surface area contributed by atoms with E-state index < -0.39 is 10.8 Å². The van der Waals surface area contributed by atoms with Gasteiger partial charge in [-0.3, -0.25) is 9.00 Å². The van der Waals surface area contributed by atoms with Crippen LogP contribution in [0.3, 0.4) is 0 Å². The van der Waals surface area contributed by atoms with E-state index >= 15 is 0 Å². The molecule has 0 fully saturated rings. The van der Waals surface area contributed by atoms with Crippen molar-refractivity contribution in [3.8, 4) is 0 Å². The molecule has 2 aromatic rings. The minimum atomic E-state index is -1.03. The van der Waals surface area contributed by atoms with E-state index in [1.165, 1.54) is 0 Å². The third-order valence-corrected chi connectivity index (χ3v) is 3.81. The van der Waals surface area contributed by atoms with E-state index in [9.17, 15) is 9.00 Å². The largest absolute Gasteiger partial charge is 0.348 e. The minimum absolute atomic E-state index is 0.00307. The van der Waals surface area contributed by atoms with Crippen LogP contribution in [0, 0.1) is 0 Å². The monoisotopic (exact) mass is 291 g/mol. The molecule has 0 radical (unpaired) electrons. The summed E-state index contributed by atoms with van der Waals surface area (Å²) in [5, 5.41) is 2.92. The molecule has 2 rings (SSSR count). The van der Waals surface area contributed by atoms with E-state index in [1.54, 1.807) is 43.0 Å². The Labute approximate surface area is 120 Å². The van der Waals surface area contributed by atoms with Crippen molar-refractivity contribution in [2.75, 3.05) is 6.26 Å². The maximum absolute atomic E-state index is 12.1. The lowest BCUT2D eigenvalue weighted by molar-refractivity contribution is 0.0936. The van der Waals surface area contributed by atoms with Gasteiger partial charge in [0.25, 0.3) is 5.91 Å². The Morgan fingerprint density at radius 1 is 1.40 bits per heavy atom. The maximum Gasteiger partial charge on any atom is 0.251 e. The molecular formula is C14H17N3O2S. The van der Waals surface area contributed by atoms with Crippen LogP contribution in [-0.2, 0) is 17.3 Å². The number of carbonyl (C=O) groups excluding carboxylic acids is 1. The summed E-state index contributed by atoms with van der Waals surface area (Å²) in [5.41, 5.74) is 0.566. The SMILES string of the molecule is C[C@H](Cn1ccnc1)NC(=O)c1ccc([S@@](C)=O)cc1. The Bertz CT molecular complexity index is 593. The molecule has 5 nitrogen and oxygen atoms in total. The molecule has 1 aromatic carbocycles. The number of rotatable bonds is 5. The predicted molar refractivity (Wildman–Crippen MR) is 77.9 cm³/mol. The van der Waals surface area contributed by atoms with Crippen molar-refractivity contribution in [3.05, 3.63) is 48.5 Å². The number of hydrogen-bond donors (Lipinski definition) is 1. The van der Waals surface area contributed by atoms with Gasteiger partial charge in [-0.2, -0.15) is 0 Å². The van der Waals surface area contributed by atoms with Gasteiger partial charge in [0.2, 0.25) is 0 Å².